The third kappa shape index (κ3) is 4.35. The van der Waals surface area contributed by atoms with Crippen molar-refractivity contribution in [2.75, 3.05) is 7.11 Å². The fraction of sp³-hybridized carbons (Fsp3) is 0.105. The van der Waals surface area contributed by atoms with Crippen LogP contribution in [0.5, 0.6) is 5.75 Å². The van der Waals surface area contributed by atoms with E-state index in [1.165, 1.54) is 18.4 Å². The first-order valence-electron chi connectivity index (χ1n) is 7.96. The van der Waals surface area contributed by atoms with Gasteiger partial charge in [-0.25, -0.2) is 4.98 Å². The number of aryl methyl sites for hydroxylation is 1. The van der Waals surface area contributed by atoms with Gasteiger partial charge in [-0.15, -0.1) is 11.3 Å². The summed E-state index contributed by atoms with van der Waals surface area (Å²) in [5.74, 6) is -0.334. The van der Waals surface area contributed by atoms with E-state index >= 15 is 0 Å². The second-order valence-electron chi connectivity index (χ2n) is 5.55. The Balaban J connectivity index is 1.71. The molecule has 138 valence electrons. The van der Waals surface area contributed by atoms with Crippen molar-refractivity contribution in [3.05, 3.63) is 69.1 Å². The molecule has 0 aliphatic heterocycles. The molecule has 0 fully saturated rings. The molecule has 0 atom stereocenters. The van der Waals surface area contributed by atoms with E-state index in [9.17, 15) is 9.59 Å². The molecular weight excluding hydrogens is 430 g/mol. The number of methoxy groups -OCH3 is 1. The molecule has 0 bridgehead atoms. The van der Waals surface area contributed by atoms with Gasteiger partial charge in [-0.2, -0.15) is 0 Å². The minimum atomic E-state index is -0.459. The van der Waals surface area contributed by atoms with Crippen molar-refractivity contribution in [1.29, 1.82) is 0 Å². The number of nitrogens with one attached hydrogen (secondary N) is 2. The number of halogens is 1. The Kier molecular flexibility index (Phi) is 5.88. The van der Waals surface area contributed by atoms with Crippen LogP contribution in [0, 0.1) is 6.92 Å². The summed E-state index contributed by atoms with van der Waals surface area (Å²) in [5, 5.41) is 0.750. The lowest BCUT2D eigenvalue weighted by Gasteiger charge is -2.09. The fourth-order valence-corrected chi connectivity index (χ4v) is 3.75. The van der Waals surface area contributed by atoms with Crippen LogP contribution in [-0.2, 0) is 0 Å². The SMILES string of the molecule is COc1ccc(Br)c(C(=O)NNC(=O)c2sc(-c3ccccc3)nc2C)c1. The minimum Gasteiger partial charge on any atom is -0.497 e. The monoisotopic (exact) mass is 445 g/mol. The van der Waals surface area contributed by atoms with E-state index in [1.807, 2.05) is 30.3 Å². The van der Waals surface area contributed by atoms with Crippen LogP contribution in [0.4, 0.5) is 0 Å². The van der Waals surface area contributed by atoms with Crippen LogP contribution < -0.4 is 15.6 Å². The van der Waals surface area contributed by atoms with Crippen molar-refractivity contribution >= 4 is 39.1 Å². The van der Waals surface area contributed by atoms with E-state index < -0.39 is 11.8 Å². The van der Waals surface area contributed by atoms with Crippen LogP contribution in [0.25, 0.3) is 10.6 Å². The number of carbonyl (C=O) groups is 2. The zero-order chi connectivity index (χ0) is 19.4. The summed E-state index contributed by atoms with van der Waals surface area (Å²) in [7, 11) is 1.52. The molecule has 0 saturated heterocycles. The maximum absolute atomic E-state index is 12.5. The van der Waals surface area contributed by atoms with Gasteiger partial charge in [0.05, 0.1) is 18.4 Å². The van der Waals surface area contributed by atoms with Crippen molar-refractivity contribution in [2.24, 2.45) is 0 Å². The van der Waals surface area contributed by atoms with Gasteiger partial charge >= 0.3 is 0 Å². The number of nitrogens with zero attached hydrogens (tertiary/aromatic N) is 1. The highest BCUT2D eigenvalue weighted by molar-refractivity contribution is 9.10. The quantitative estimate of drug-likeness (QED) is 0.595. The number of hydrogen-bond acceptors (Lipinski definition) is 5. The third-order valence-electron chi connectivity index (χ3n) is 3.73. The summed E-state index contributed by atoms with van der Waals surface area (Å²) >= 11 is 4.59. The number of benzene rings is 2. The molecule has 8 heteroatoms. The van der Waals surface area contributed by atoms with Gasteiger partial charge < -0.3 is 4.74 Å². The van der Waals surface area contributed by atoms with Crippen molar-refractivity contribution in [3.63, 3.8) is 0 Å². The molecule has 0 aliphatic carbocycles. The Morgan fingerprint density at radius 1 is 1.07 bits per heavy atom. The predicted octanol–water partition coefficient (Wildman–Crippen LogP) is 3.96. The lowest BCUT2D eigenvalue weighted by molar-refractivity contribution is 0.0848. The third-order valence-corrected chi connectivity index (χ3v) is 5.63. The number of ether oxygens (including phenoxy) is 1. The summed E-state index contributed by atoms with van der Waals surface area (Å²) in [4.78, 5) is 29.7. The van der Waals surface area contributed by atoms with E-state index in [4.69, 9.17) is 4.74 Å². The summed E-state index contributed by atoms with van der Waals surface area (Å²) in [6, 6.07) is 14.6. The molecule has 1 heterocycles. The lowest BCUT2D eigenvalue weighted by atomic mass is 10.2. The predicted molar refractivity (Wildman–Crippen MR) is 108 cm³/mol. The smallest absolute Gasteiger partial charge is 0.281 e. The van der Waals surface area contributed by atoms with Gasteiger partial charge in [-0.05, 0) is 41.1 Å². The first-order valence-corrected chi connectivity index (χ1v) is 9.57. The fourth-order valence-electron chi connectivity index (χ4n) is 2.35. The molecule has 2 amide bonds. The summed E-state index contributed by atoms with van der Waals surface area (Å²) in [5.41, 5.74) is 6.75. The molecule has 2 N–H and O–H groups in total. The van der Waals surface area contributed by atoms with Crippen molar-refractivity contribution in [1.82, 2.24) is 15.8 Å². The molecule has 3 aromatic rings. The highest BCUT2D eigenvalue weighted by atomic mass is 79.9. The lowest BCUT2D eigenvalue weighted by Crippen LogP contribution is -2.41. The van der Waals surface area contributed by atoms with Crippen molar-refractivity contribution in [3.8, 4) is 16.3 Å². The second kappa shape index (κ2) is 8.32. The highest BCUT2D eigenvalue weighted by Crippen LogP contribution is 2.27. The summed E-state index contributed by atoms with van der Waals surface area (Å²) in [6.07, 6.45) is 0. The Bertz CT molecular complexity index is 989. The number of aromatic nitrogens is 1. The van der Waals surface area contributed by atoms with Crippen LogP contribution in [0.15, 0.2) is 53.0 Å². The molecule has 0 aliphatic rings. The summed E-state index contributed by atoms with van der Waals surface area (Å²) < 4.78 is 5.71. The molecule has 2 aromatic carbocycles. The highest BCUT2D eigenvalue weighted by Gasteiger charge is 2.18. The molecule has 0 radical (unpaired) electrons. The Morgan fingerprint density at radius 2 is 1.78 bits per heavy atom. The van der Waals surface area contributed by atoms with Crippen LogP contribution >= 0.6 is 27.3 Å². The zero-order valence-electron chi connectivity index (χ0n) is 14.6. The number of hydrazine groups is 1. The van der Waals surface area contributed by atoms with Crippen LogP contribution in [0.3, 0.4) is 0 Å². The van der Waals surface area contributed by atoms with Gasteiger partial charge in [0, 0.05) is 10.0 Å². The topological polar surface area (TPSA) is 80.3 Å². The minimum absolute atomic E-state index is 0.348. The van der Waals surface area contributed by atoms with Gasteiger partial charge in [0.1, 0.15) is 15.6 Å². The van der Waals surface area contributed by atoms with E-state index in [0.717, 1.165) is 10.6 Å². The number of thiazole rings is 1. The molecule has 27 heavy (non-hydrogen) atoms. The van der Waals surface area contributed by atoms with E-state index in [0.29, 0.717) is 26.4 Å². The number of rotatable bonds is 4. The van der Waals surface area contributed by atoms with Gasteiger partial charge in [0.25, 0.3) is 11.8 Å². The molecule has 3 rings (SSSR count). The number of hydrogen-bond donors (Lipinski definition) is 2. The average Bonchev–Trinajstić information content (AvgIpc) is 3.08. The zero-order valence-corrected chi connectivity index (χ0v) is 17.0. The first-order chi connectivity index (χ1) is 13.0. The largest absolute Gasteiger partial charge is 0.497 e. The molecule has 0 unspecified atom stereocenters. The van der Waals surface area contributed by atoms with E-state index in [-0.39, 0.29) is 0 Å². The maximum atomic E-state index is 12.5. The molecular formula is C19H16BrN3O3S. The molecule has 1 aromatic heterocycles. The van der Waals surface area contributed by atoms with Gasteiger partial charge in [-0.3, -0.25) is 20.4 Å². The Hall–Kier alpha value is -2.71. The maximum Gasteiger partial charge on any atom is 0.281 e. The van der Waals surface area contributed by atoms with E-state index in [1.54, 1.807) is 25.1 Å². The van der Waals surface area contributed by atoms with Crippen LogP contribution in [-0.4, -0.2) is 23.9 Å². The number of amides is 2. The normalized spacial score (nSPS) is 10.3. The molecule has 6 nitrogen and oxygen atoms in total. The van der Waals surface area contributed by atoms with E-state index in [2.05, 4.69) is 31.8 Å². The Labute approximate surface area is 168 Å². The Morgan fingerprint density at radius 3 is 2.48 bits per heavy atom. The molecule has 0 spiro atoms. The average molecular weight is 446 g/mol. The van der Waals surface area contributed by atoms with Crippen LogP contribution in [0.1, 0.15) is 25.7 Å². The van der Waals surface area contributed by atoms with Gasteiger partial charge in [0.15, 0.2) is 0 Å². The number of carbonyl (C=O) groups excluding carboxylic acids is 2. The molecule has 0 saturated carbocycles. The second-order valence-corrected chi connectivity index (χ2v) is 7.41. The summed E-state index contributed by atoms with van der Waals surface area (Å²) in [6.45, 7) is 1.76. The van der Waals surface area contributed by atoms with Gasteiger partial charge in [-0.1, -0.05) is 30.3 Å². The first kappa shape index (κ1) is 19.1. The standard InChI is InChI=1S/C19H16BrN3O3S/c1-11-16(27-19(21-11)12-6-4-3-5-7-12)18(25)23-22-17(24)14-10-13(26-2)8-9-15(14)20/h3-10H,1-2H3,(H,22,24)(H,23,25). The van der Waals surface area contributed by atoms with Gasteiger partial charge in [0.2, 0.25) is 0 Å². The van der Waals surface area contributed by atoms with Crippen LogP contribution in [0.2, 0.25) is 0 Å². The van der Waals surface area contributed by atoms with Crippen molar-refractivity contribution in [2.45, 2.75) is 6.92 Å². The van der Waals surface area contributed by atoms with Crippen molar-refractivity contribution < 1.29 is 14.3 Å².